The molecule has 1 heterocycles. The fourth-order valence-electron chi connectivity index (χ4n) is 7.96. The Bertz CT molecular complexity index is 1280. The molecular weight excluding hydrogens is 603 g/mol. The lowest BCUT2D eigenvalue weighted by molar-refractivity contribution is 0.150. The van der Waals surface area contributed by atoms with Crippen molar-refractivity contribution in [2.45, 2.75) is 183 Å². The van der Waals surface area contributed by atoms with E-state index in [2.05, 4.69) is 157 Å². The van der Waals surface area contributed by atoms with Crippen LogP contribution in [0.2, 0.25) is 0 Å². The van der Waals surface area contributed by atoms with Crippen molar-refractivity contribution in [3.05, 3.63) is 69.8 Å². The van der Waals surface area contributed by atoms with Crippen molar-refractivity contribution in [3.63, 3.8) is 0 Å². The minimum absolute atomic E-state index is 0.000925. The van der Waals surface area contributed by atoms with E-state index >= 15 is 0 Å². The summed E-state index contributed by atoms with van der Waals surface area (Å²) in [5.41, 5.74) is 8.89. The molecule has 2 aromatic carbocycles. The van der Waals surface area contributed by atoms with Crippen LogP contribution in [0.4, 0.5) is 0 Å². The normalized spacial score (nSPS) is 20.8. The van der Waals surface area contributed by atoms with Gasteiger partial charge in [-0.25, -0.2) is 0 Å². The molecule has 0 radical (unpaired) electrons. The van der Waals surface area contributed by atoms with Crippen LogP contribution in [0.15, 0.2) is 36.4 Å². The molecule has 1 aliphatic heterocycles. The van der Waals surface area contributed by atoms with Gasteiger partial charge in [0.05, 0.1) is 25.2 Å². The second-order valence-corrected chi connectivity index (χ2v) is 22.9. The van der Waals surface area contributed by atoms with E-state index in [1.165, 1.54) is 46.2 Å². The van der Waals surface area contributed by atoms with E-state index in [1.807, 2.05) is 0 Å². The lowest BCUT2D eigenvalue weighted by Gasteiger charge is -2.33. The van der Waals surface area contributed by atoms with E-state index in [-0.39, 0.29) is 32.5 Å². The van der Waals surface area contributed by atoms with Crippen LogP contribution in [-0.4, -0.2) is 34.5 Å². The monoisotopic (exact) mass is 676 g/mol. The van der Waals surface area contributed by atoms with Crippen LogP contribution in [0.1, 0.15) is 170 Å². The zero-order valence-electron chi connectivity index (χ0n) is 34.0. The number of nitrogens with zero attached hydrogens (tertiary/aromatic N) is 2. The highest BCUT2D eigenvalue weighted by atomic mass is 31.1. The molecule has 3 nitrogen and oxygen atoms in total. The molecular formula is C44H72N2OP+. The Morgan fingerprint density at radius 3 is 1.02 bits per heavy atom. The van der Waals surface area contributed by atoms with E-state index in [1.54, 1.807) is 0 Å². The fourth-order valence-corrected chi connectivity index (χ4v) is 10.3. The Hall–Kier alpha value is -1.54. The van der Waals surface area contributed by atoms with E-state index in [0.717, 1.165) is 38.8 Å². The number of rotatable bonds is 8. The molecule has 2 fully saturated rings. The molecule has 2 aromatic rings. The molecule has 2 aliphatic rings. The average molecular weight is 676 g/mol. The zero-order valence-corrected chi connectivity index (χ0v) is 34.9. The maximum Gasteiger partial charge on any atom is 0.538 e. The Morgan fingerprint density at radius 1 is 0.500 bits per heavy atom. The van der Waals surface area contributed by atoms with Crippen LogP contribution in [0.25, 0.3) is 0 Å². The Morgan fingerprint density at radius 2 is 0.771 bits per heavy atom. The maximum absolute atomic E-state index is 14.7. The van der Waals surface area contributed by atoms with Gasteiger partial charge in [0.15, 0.2) is 0 Å². The number of benzene rings is 2. The Labute approximate surface area is 297 Å². The second-order valence-electron chi connectivity index (χ2n) is 21.4. The summed E-state index contributed by atoms with van der Waals surface area (Å²) in [6.45, 7) is 39.2. The van der Waals surface area contributed by atoms with Gasteiger partial charge in [-0.2, -0.15) is 0 Å². The zero-order chi connectivity index (χ0) is 36.3. The molecule has 268 valence electrons. The molecule has 1 aliphatic carbocycles. The second kappa shape index (κ2) is 13.5. The highest BCUT2D eigenvalue weighted by molar-refractivity contribution is 7.39. The number of hydrogen-bond acceptors (Lipinski definition) is 1. The van der Waals surface area contributed by atoms with Crippen molar-refractivity contribution >= 4 is 8.10 Å². The fraction of sp³-hybridized carbons (Fsp3) is 0.727. The predicted octanol–water partition coefficient (Wildman–Crippen LogP) is 12.3. The standard InChI is InChI=1S/C44H72N2OP/c1-39(2,3)33-21-31(22-34(25-33)40(4,5)6)27-43(13,14)29-45-37-19-17-18-20-38(37)46(48(45)47)30-44(15,16)28-32-23-35(41(7,8)9)26-36(24-32)42(10,11)12/h21-26,37-38H,17-20,27-30H2,1-16H3/q+1/t37-,38-/m1/s1. The summed E-state index contributed by atoms with van der Waals surface area (Å²) in [5, 5.41) is 0. The minimum atomic E-state index is -1.60. The first-order chi connectivity index (χ1) is 21.7. The number of hydrogen-bond donors (Lipinski definition) is 0. The van der Waals surface area contributed by atoms with Gasteiger partial charge in [0, 0.05) is 0 Å². The Kier molecular flexibility index (Phi) is 11.1. The molecule has 48 heavy (non-hydrogen) atoms. The van der Waals surface area contributed by atoms with Crippen molar-refractivity contribution in [2.24, 2.45) is 10.8 Å². The molecule has 0 spiro atoms. The molecule has 4 rings (SSSR count). The van der Waals surface area contributed by atoms with Gasteiger partial charge in [-0.15, -0.1) is 0 Å². The van der Waals surface area contributed by atoms with E-state index in [9.17, 15) is 4.57 Å². The molecule has 0 bridgehead atoms. The average Bonchev–Trinajstić information content (AvgIpc) is 3.15. The Balaban J connectivity index is 1.58. The van der Waals surface area contributed by atoms with Crippen molar-refractivity contribution < 1.29 is 4.57 Å². The summed E-state index contributed by atoms with van der Waals surface area (Å²) in [7, 11) is -1.60. The molecule has 0 N–H and O–H groups in total. The van der Waals surface area contributed by atoms with Crippen molar-refractivity contribution in [2.75, 3.05) is 13.1 Å². The van der Waals surface area contributed by atoms with Crippen LogP contribution in [0, 0.1) is 10.8 Å². The third-order valence-corrected chi connectivity index (χ3v) is 12.6. The molecule has 1 saturated carbocycles. The molecule has 4 heteroatoms. The van der Waals surface area contributed by atoms with Crippen molar-refractivity contribution in [3.8, 4) is 0 Å². The molecule has 2 atom stereocenters. The minimum Gasteiger partial charge on any atom is -0.0736 e. The van der Waals surface area contributed by atoms with Crippen LogP contribution < -0.4 is 0 Å². The first-order valence-electron chi connectivity index (χ1n) is 19.0. The first kappa shape index (κ1) is 39.2. The van der Waals surface area contributed by atoms with Gasteiger partial charge in [-0.3, -0.25) is 0 Å². The molecule has 0 aromatic heterocycles. The van der Waals surface area contributed by atoms with E-state index in [0.29, 0.717) is 12.1 Å². The van der Waals surface area contributed by atoms with Gasteiger partial charge in [-0.1, -0.05) is 169 Å². The predicted molar refractivity (Wildman–Crippen MR) is 210 cm³/mol. The summed E-state index contributed by atoms with van der Waals surface area (Å²) in [6, 6.07) is 15.4. The van der Waals surface area contributed by atoms with Crippen LogP contribution >= 0.6 is 8.10 Å². The maximum atomic E-state index is 14.7. The first-order valence-corrected chi connectivity index (χ1v) is 20.1. The van der Waals surface area contributed by atoms with Gasteiger partial charge in [0.1, 0.15) is 0 Å². The summed E-state index contributed by atoms with van der Waals surface area (Å²) in [5.74, 6) is 0. The largest absolute Gasteiger partial charge is 0.538 e. The lowest BCUT2D eigenvalue weighted by atomic mass is 9.76. The van der Waals surface area contributed by atoms with Gasteiger partial charge >= 0.3 is 8.10 Å². The highest BCUT2D eigenvalue weighted by Gasteiger charge is 2.59. The van der Waals surface area contributed by atoms with Crippen LogP contribution in [0.3, 0.4) is 0 Å². The van der Waals surface area contributed by atoms with E-state index < -0.39 is 8.10 Å². The highest BCUT2D eigenvalue weighted by Crippen LogP contribution is 2.52. The summed E-state index contributed by atoms with van der Waals surface area (Å²) in [6.07, 6.45) is 6.79. The quantitative estimate of drug-likeness (QED) is 0.260. The summed E-state index contributed by atoms with van der Waals surface area (Å²) < 4.78 is 19.6. The summed E-state index contributed by atoms with van der Waals surface area (Å²) >= 11 is 0. The summed E-state index contributed by atoms with van der Waals surface area (Å²) in [4.78, 5) is 0. The van der Waals surface area contributed by atoms with Gasteiger partial charge in [0.2, 0.25) is 0 Å². The van der Waals surface area contributed by atoms with Crippen LogP contribution in [0.5, 0.6) is 0 Å². The van der Waals surface area contributed by atoms with Crippen molar-refractivity contribution in [1.29, 1.82) is 0 Å². The van der Waals surface area contributed by atoms with E-state index in [4.69, 9.17) is 0 Å². The third kappa shape index (κ3) is 9.61. The SMILES string of the molecule is CC(C)(Cc1cc(C(C)(C)C)cc(C(C)(C)C)c1)CN1[C@@H]2CCCC[C@H]2N(CC(C)(C)Cc2cc(C(C)(C)C)cc(C(C)(C)C)c2)[P+]1=O. The topological polar surface area (TPSA) is 23.6 Å². The van der Waals surface area contributed by atoms with Crippen LogP contribution in [-0.2, 0) is 39.1 Å². The molecule has 0 unspecified atom stereocenters. The lowest BCUT2D eigenvalue weighted by Crippen LogP contribution is -2.44. The van der Waals surface area contributed by atoms with Gasteiger partial charge < -0.3 is 0 Å². The number of fused-ring (bicyclic) bond motifs is 1. The van der Waals surface area contributed by atoms with Gasteiger partial charge in [0.25, 0.3) is 0 Å². The van der Waals surface area contributed by atoms with Gasteiger partial charge in [-0.05, 0) is 96.1 Å². The smallest absolute Gasteiger partial charge is 0.0736 e. The van der Waals surface area contributed by atoms with Crippen molar-refractivity contribution in [1.82, 2.24) is 9.34 Å². The molecule has 0 amide bonds. The third-order valence-electron chi connectivity index (χ3n) is 10.9. The molecule has 1 saturated heterocycles.